The molecule has 2 aliphatic rings. The fourth-order valence-corrected chi connectivity index (χ4v) is 4.03. The summed E-state index contributed by atoms with van der Waals surface area (Å²) in [5, 5.41) is 11.2. The number of carbonyl (C=O) groups excluding carboxylic acids is 2. The van der Waals surface area contributed by atoms with Crippen molar-refractivity contribution in [2.45, 2.75) is 19.9 Å². The van der Waals surface area contributed by atoms with Crippen LogP contribution < -0.4 is 14.4 Å². The van der Waals surface area contributed by atoms with Crippen molar-refractivity contribution in [3.63, 3.8) is 0 Å². The third-order valence-electron chi connectivity index (χ3n) is 5.88. The molecule has 1 unspecified atom stereocenters. The zero-order valence-corrected chi connectivity index (χ0v) is 17.5. The lowest BCUT2D eigenvalue weighted by Crippen LogP contribution is -2.29. The maximum absolute atomic E-state index is 13.2. The fraction of sp³-hybridized carbons (Fsp3) is 0.160. The second-order valence-corrected chi connectivity index (χ2v) is 7.79. The molecule has 1 amide bonds. The van der Waals surface area contributed by atoms with E-state index in [9.17, 15) is 14.7 Å². The molecule has 1 fully saturated rings. The molecule has 1 atom stereocenters. The first-order chi connectivity index (χ1) is 15.5. The van der Waals surface area contributed by atoms with Gasteiger partial charge in [-0.05, 0) is 73.0 Å². The lowest BCUT2D eigenvalue weighted by Gasteiger charge is -2.26. The molecule has 0 saturated carbocycles. The second-order valence-electron chi connectivity index (χ2n) is 7.79. The van der Waals surface area contributed by atoms with E-state index in [4.69, 9.17) is 9.47 Å². The van der Waals surface area contributed by atoms with Crippen LogP contribution in [0.5, 0.6) is 11.5 Å². The maximum atomic E-state index is 13.2. The van der Waals surface area contributed by atoms with Crippen LogP contribution in [0.1, 0.15) is 28.3 Å². The number of amides is 1. The van der Waals surface area contributed by atoms with Crippen molar-refractivity contribution in [1.82, 2.24) is 4.98 Å². The fourth-order valence-electron chi connectivity index (χ4n) is 4.03. The lowest BCUT2D eigenvalue weighted by atomic mass is 9.95. The number of benzene rings is 2. The van der Waals surface area contributed by atoms with Gasteiger partial charge in [-0.2, -0.15) is 0 Å². The number of aliphatic hydroxyl groups excluding tert-OH is 1. The van der Waals surface area contributed by atoms with E-state index in [-0.39, 0.29) is 18.1 Å². The first-order valence-electron chi connectivity index (χ1n) is 10.1. The molecule has 160 valence electrons. The average molecular weight is 428 g/mol. The molecular formula is C25H20N2O5. The van der Waals surface area contributed by atoms with Gasteiger partial charge >= 0.3 is 0 Å². The Kier molecular flexibility index (Phi) is 4.66. The third-order valence-corrected chi connectivity index (χ3v) is 5.88. The van der Waals surface area contributed by atoms with Crippen LogP contribution in [0, 0.1) is 13.8 Å². The zero-order valence-electron chi connectivity index (χ0n) is 17.5. The Bertz CT molecular complexity index is 1280. The van der Waals surface area contributed by atoms with Crippen LogP contribution in [0.15, 0.2) is 66.5 Å². The van der Waals surface area contributed by atoms with E-state index in [0.29, 0.717) is 28.3 Å². The minimum atomic E-state index is -0.800. The summed E-state index contributed by atoms with van der Waals surface area (Å²) in [6, 6.07) is 13.2. The van der Waals surface area contributed by atoms with Gasteiger partial charge in [0.25, 0.3) is 11.7 Å². The number of fused-ring (bicyclic) bond motifs is 1. The molecule has 2 aromatic carbocycles. The molecule has 1 aromatic heterocycles. The number of hydrogen-bond acceptors (Lipinski definition) is 6. The first-order valence-corrected chi connectivity index (χ1v) is 10.1. The quantitative estimate of drug-likeness (QED) is 0.385. The average Bonchev–Trinajstić information content (AvgIpc) is 3.38. The van der Waals surface area contributed by atoms with E-state index in [1.165, 1.54) is 4.90 Å². The van der Waals surface area contributed by atoms with Crippen molar-refractivity contribution in [1.29, 1.82) is 0 Å². The number of ketones is 1. The molecule has 1 N–H and O–H groups in total. The minimum Gasteiger partial charge on any atom is -0.507 e. The van der Waals surface area contributed by atoms with E-state index in [1.807, 2.05) is 32.0 Å². The summed E-state index contributed by atoms with van der Waals surface area (Å²) in [5.74, 6) is -0.687. The van der Waals surface area contributed by atoms with E-state index >= 15 is 0 Å². The minimum absolute atomic E-state index is 0.0123. The topological polar surface area (TPSA) is 89.0 Å². The van der Waals surface area contributed by atoms with Gasteiger partial charge in [-0.3, -0.25) is 19.5 Å². The number of aromatic nitrogens is 1. The Labute approximate surface area is 184 Å². The Hall–Kier alpha value is -4.13. The van der Waals surface area contributed by atoms with E-state index in [0.717, 1.165) is 11.1 Å². The van der Waals surface area contributed by atoms with E-state index in [1.54, 1.807) is 42.7 Å². The summed E-state index contributed by atoms with van der Waals surface area (Å²) in [7, 11) is 0. The molecule has 7 heteroatoms. The Morgan fingerprint density at radius 3 is 2.47 bits per heavy atom. The monoisotopic (exact) mass is 428 g/mol. The summed E-state index contributed by atoms with van der Waals surface area (Å²) in [6.07, 6.45) is 3.19. The summed E-state index contributed by atoms with van der Waals surface area (Å²) >= 11 is 0. The number of aliphatic hydroxyl groups is 1. The number of pyridine rings is 1. The predicted octanol–water partition coefficient (Wildman–Crippen LogP) is 4.05. The molecule has 2 aliphatic heterocycles. The van der Waals surface area contributed by atoms with Crippen LogP contribution >= 0.6 is 0 Å². The second kappa shape index (κ2) is 7.53. The number of rotatable bonds is 3. The van der Waals surface area contributed by atoms with Crippen molar-refractivity contribution in [3.05, 3.63) is 88.8 Å². The number of anilines is 1. The van der Waals surface area contributed by atoms with Gasteiger partial charge in [-0.1, -0.05) is 6.07 Å². The molecule has 7 nitrogen and oxygen atoms in total. The molecule has 0 spiro atoms. The van der Waals surface area contributed by atoms with Gasteiger partial charge in [0.15, 0.2) is 11.5 Å². The molecule has 32 heavy (non-hydrogen) atoms. The van der Waals surface area contributed by atoms with Crippen molar-refractivity contribution < 1.29 is 24.2 Å². The van der Waals surface area contributed by atoms with Crippen molar-refractivity contribution in [2.75, 3.05) is 11.7 Å². The normalized spacial score (nSPS) is 18.9. The van der Waals surface area contributed by atoms with Gasteiger partial charge in [0.1, 0.15) is 5.76 Å². The molecular weight excluding hydrogens is 408 g/mol. The Morgan fingerprint density at radius 2 is 1.72 bits per heavy atom. The number of carbonyl (C=O) groups is 2. The summed E-state index contributed by atoms with van der Waals surface area (Å²) in [6.45, 7) is 4.02. The van der Waals surface area contributed by atoms with Gasteiger partial charge in [0.2, 0.25) is 6.79 Å². The van der Waals surface area contributed by atoms with Crippen LogP contribution in [0.4, 0.5) is 5.69 Å². The highest BCUT2D eigenvalue weighted by Crippen LogP contribution is 2.43. The molecule has 0 aliphatic carbocycles. The molecule has 1 saturated heterocycles. The molecule has 0 radical (unpaired) electrons. The van der Waals surface area contributed by atoms with Crippen molar-refractivity contribution in [2.24, 2.45) is 0 Å². The summed E-state index contributed by atoms with van der Waals surface area (Å²) < 4.78 is 10.7. The van der Waals surface area contributed by atoms with Crippen molar-refractivity contribution in [3.8, 4) is 11.5 Å². The molecule has 0 bridgehead atoms. The number of ether oxygens (including phenoxy) is 2. The number of Topliss-reactive ketones (excluding diaryl/α,β-unsaturated/α-hetero) is 1. The maximum Gasteiger partial charge on any atom is 0.300 e. The van der Waals surface area contributed by atoms with E-state index < -0.39 is 17.7 Å². The lowest BCUT2D eigenvalue weighted by molar-refractivity contribution is -0.132. The Morgan fingerprint density at radius 1 is 0.969 bits per heavy atom. The highest BCUT2D eigenvalue weighted by Gasteiger charge is 2.47. The van der Waals surface area contributed by atoms with Gasteiger partial charge < -0.3 is 14.6 Å². The summed E-state index contributed by atoms with van der Waals surface area (Å²) in [4.78, 5) is 31.9. The van der Waals surface area contributed by atoms with Crippen LogP contribution in [0.3, 0.4) is 0 Å². The van der Waals surface area contributed by atoms with Gasteiger partial charge in [-0.25, -0.2) is 0 Å². The highest BCUT2D eigenvalue weighted by atomic mass is 16.7. The molecule has 3 aromatic rings. The van der Waals surface area contributed by atoms with Crippen molar-refractivity contribution >= 4 is 23.1 Å². The molecule has 5 rings (SSSR count). The van der Waals surface area contributed by atoms with Gasteiger partial charge in [-0.15, -0.1) is 0 Å². The SMILES string of the molecule is Cc1ccc(N2C(=O)C(=O)/C(=C(\O)c3ccc4c(c3)OCO4)C2c2ccncc2)cc1C. The standard InChI is InChI=1S/C25H20N2O5/c1-14-3-5-18(11-15(14)2)27-22(16-7-9-26-10-8-16)21(24(29)25(27)30)23(28)17-4-6-19-20(12-17)32-13-31-19/h3-12,22,28H,13H2,1-2H3/b23-21-. The summed E-state index contributed by atoms with van der Waals surface area (Å²) in [5.41, 5.74) is 3.70. The predicted molar refractivity (Wildman–Crippen MR) is 118 cm³/mol. The van der Waals surface area contributed by atoms with Gasteiger partial charge in [0, 0.05) is 23.6 Å². The van der Waals surface area contributed by atoms with Crippen LogP contribution in [-0.4, -0.2) is 28.6 Å². The third kappa shape index (κ3) is 3.10. The smallest absolute Gasteiger partial charge is 0.300 e. The number of hydrogen-bond donors (Lipinski definition) is 1. The van der Waals surface area contributed by atoms with E-state index in [2.05, 4.69) is 4.98 Å². The molecule has 3 heterocycles. The number of nitrogens with zero attached hydrogens (tertiary/aromatic N) is 2. The Balaban J connectivity index is 1.70. The largest absolute Gasteiger partial charge is 0.507 e. The van der Waals surface area contributed by atoms with Gasteiger partial charge in [0.05, 0.1) is 11.6 Å². The van der Waals surface area contributed by atoms with Crippen LogP contribution in [-0.2, 0) is 9.59 Å². The van der Waals surface area contributed by atoms with Crippen LogP contribution in [0.25, 0.3) is 5.76 Å². The first kappa shape index (κ1) is 19.8. The van der Waals surface area contributed by atoms with Crippen LogP contribution in [0.2, 0.25) is 0 Å². The number of aryl methyl sites for hydroxylation is 2. The highest BCUT2D eigenvalue weighted by molar-refractivity contribution is 6.51. The zero-order chi connectivity index (χ0) is 22.4.